The molecule has 5 nitrogen and oxygen atoms in total. The number of hydrogen-bond acceptors (Lipinski definition) is 5. The zero-order valence-electron chi connectivity index (χ0n) is 15.8. The highest BCUT2D eigenvalue weighted by Crippen LogP contribution is 2.33. The number of pyridine rings is 1. The van der Waals surface area contributed by atoms with E-state index in [0.717, 1.165) is 17.8 Å². The van der Waals surface area contributed by atoms with E-state index < -0.39 is 11.7 Å². The topological polar surface area (TPSA) is 55.7 Å². The zero-order chi connectivity index (χ0) is 21.3. The van der Waals surface area contributed by atoms with Gasteiger partial charge in [-0.1, -0.05) is 12.0 Å². The predicted molar refractivity (Wildman–Crippen MR) is 106 cm³/mol. The van der Waals surface area contributed by atoms with E-state index in [2.05, 4.69) is 28.0 Å². The van der Waals surface area contributed by atoms with E-state index >= 15 is 0 Å². The number of allylic oxidation sites excluding steroid dienone is 1. The number of nitrogens with one attached hydrogen (secondary N) is 1. The smallest absolute Gasteiger partial charge is 0.417 e. The number of hydrogen-bond donors (Lipinski definition) is 1. The Balaban J connectivity index is 2.22. The lowest BCUT2D eigenvalue weighted by molar-refractivity contribution is -0.137. The summed E-state index contributed by atoms with van der Waals surface area (Å²) in [6, 6.07) is 5.69. The highest BCUT2D eigenvalue weighted by Gasteiger charge is 2.30. The standard InChI is InChI=1S/C21H20F3N3O2/c1-4-7-16-11-15(12-18(28-6-3)20(16)29-10-5-2)13-26-27-19-9-8-17(14-25-19)21(22,23)24/h2,4,8-9,11-14H,1,6-7,10H2,3H3,(H,25,27)/b26-13-. The monoisotopic (exact) mass is 403 g/mol. The van der Waals surface area contributed by atoms with Gasteiger partial charge in [0.25, 0.3) is 0 Å². The molecule has 0 bridgehead atoms. The quantitative estimate of drug-likeness (QED) is 0.286. The summed E-state index contributed by atoms with van der Waals surface area (Å²) in [4.78, 5) is 3.70. The molecule has 1 aromatic carbocycles. The van der Waals surface area contributed by atoms with Crippen molar-refractivity contribution in [2.45, 2.75) is 19.5 Å². The fourth-order valence-electron chi connectivity index (χ4n) is 2.41. The van der Waals surface area contributed by atoms with E-state index in [9.17, 15) is 13.2 Å². The van der Waals surface area contributed by atoms with E-state index in [4.69, 9.17) is 15.9 Å². The lowest BCUT2D eigenvalue weighted by atomic mass is 10.1. The van der Waals surface area contributed by atoms with Crippen molar-refractivity contribution in [1.82, 2.24) is 4.98 Å². The van der Waals surface area contributed by atoms with Crippen LogP contribution in [0.15, 0.2) is 48.2 Å². The molecule has 0 aliphatic carbocycles. The number of terminal acetylenes is 1. The van der Waals surface area contributed by atoms with Gasteiger partial charge in [0.15, 0.2) is 11.5 Å². The van der Waals surface area contributed by atoms with Gasteiger partial charge in [-0.2, -0.15) is 18.3 Å². The minimum atomic E-state index is -4.44. The maximum atomic E-state index is 12.6. The molecule has 0 amide bonds. The number of benzene rings is 1. The molecule has 2 rings (SSSR count). The van der Waals surface area contributed by atoms with Gasteiger partial charge in [-0.15, -0.1) is 13.0 Å². The van der Waals surface area contributed by atoms with Crippen molar-refractivity contribution in [2.75, 3.05) is 18.6 Å². The summed E-state index contributed by atoms with van der Waals surface area (Å²) in [5, 5.41) is 4.02. The third-order valence-corrected chi connectivity index (χ3v) is 3.60. The number of nitrogens with zero attached hydrogens (tertiary/aromatic N) is 2. The molecule has 1 heterocycles. The van der Waals surface area contributed by atoms with Crippen molar-refractivity contribution >= 4 is 12.0 Å². The summed E-state index contributed by atoms with van der Waals surface area (Å²) in [6.45, 7) is 6.10. The highest BCUT2D eigenvalue weighted by atomic mass is 19.4. The second-order valence-corrected chi connectivity index (χ2v) is 5.73. The lowest BCUT2D eigenvalue weighted by Gasteiger charge is -2.15. The van der Waals surface area contributed by atoms with E-state index in [1.54, 1.807) is 12.1 Å². The highest BCUT2D eigenvalue weighted by molar-refractivity contribution is 5.82. The van der Waals surface area contributed by atoms with Gasteiger partial charge in [-0.25, -0.2) is 4.98 Å². The molecule has 0 atom stereocenters. The fourth-order valence-corrected chi connectivity index (χ4v) is 2.41. The Kier molecular flexibility index (Phi) is 7.66. The number of ether oxygens (including phenoxy) is 2. The Bertz CT molecular complexity index is 901. The molecule has 0 saturated carbocycles. The van der Waals surface area contributed by atoms with Crippen LogP contribution in [0.5, 0.6) is 11.5 Å². The van der Waals surface area contributed by atoms with Crippen LogP contribution in [0.4, 0.5) is 19.0 Å². The number of anilines is 1. The van der Waals surface area contributed by atoms with Crippen LogP contribution in [0.1, 0.15) is 23.6 Å². The lowest BCUT2D eigenvalue weighted by Crippen LogP contribution is -2.06. The van der Waals surface area contributed by atoms with Gasteiger partial charge in [0.1, 0.15) is 12.4 Å². The van der Waals surface area contributed by atoms with Crippen molar-refractivity contribution in [3.05, 3.63) is 59.8 Å². The van der Waals surface area contributed by atoms with Crippen molar-refractivity contribution < 1.29 is 22.6 Å². The fraction of sp³-hybridized carbons (Fsp3) is 0.238. The molecule has 0 fully saturated rings. The summed E-state index contributed by atoms with van der Waals surface area (Å²) in [5.41, 5.74) is 3.27. The van der Waals surface area contributed by atoms with Crippen LogP contribution < -0.4 is 14.9 Å². The molecule has 0 aliphatic rings. The van der Waals surface area contributed by atoms with Crippen LogP contribution in [0.3, 0.4) is 0 Å². The van der Waals surface area contributed by atoms with Gasteiger partial charge in [0.2, 0.25) is 0 Å². The average Bonchev–Trinajstić information content (AvgIpc) is 2.68. The van der Waals surface area contributed by atoms with Crippen LogP contribution in [0.25, 0.3) is 0 Å². The first-order chi connectivity index (χ1) is 13.9. The Morgan fingerprint density at radius 1 is 1.31 bits per heavy atom. The molecule has 0 saturated heterocycles. The molecule has 0 aliphatic heterocycles. The predicted octanol–water partition coefficient (Wildman–Crippen LogP) is 4.69. The van der Waals surface area contributed by atoms with Crippen LogP contribution in [-0.2, 0) is 12.6 Å². The minimum absolute atomic E-state index is 0.0960. The molecule has 0 spiro atoms. The first kappa shape index (κ1) is 21.8. The van der Waals surface area contributed by atoms with Crippen LogP contribution in [0, 0.1) is 12.3 Å². The summed E-state index contributed by atoms with van der Waals surface area (Å²) in [7, 11) is 0. The Morgan fingerprint density at radius 3 is 2.69 bits per heavy atom. The van der Waals surface area contributed by atoms with Gasteiger partial charge in [0, 0.05) is 11.8 Å². The van der Waals surface area contributed by atoms with E-state index in [0.29, 0.717) is 30.1 Å². The first-order valence-electron chi connectivity index (χ1n) is 8.68. The SMILES string of the molecule is C#CCOc1c(CC=C)cc(/C=N\Nc2ccc(C(F)(F)F)cn2)cc1OCC. The average molecular weight is 403 g/mol. The van der Waals surface area contributed by atoms with Crippen molar-refractivity contribution in [3.8, 4) is 23.8 Å². The molecule has 1 aromatic heterocycles. The van der Waals surface area contributed by atoms with Crippen LogP contribution >= 0.6 is 0 Å². The minimum Gasteiger partial charge on any atom is -0.490 e. The second kappa shape index (κ2) is 10.2. The molecule has 152 valence electrons. The summed E-state index contributed by atoms with van der Waals surface area (Å²) in [5.74, 6) is 3.65. The summed E-state index contributed by atoms with van der Waals surface area (Å²) < 4.78 is 49.0. The summed E-state index contributed by atoms with van der Waals surface area (Å²) >= 11 is 0. The second-order valence-electron chi connectivity index (χ2n) is 5.73. The Hall–Kier alpha value is -3.47. The number of hydrazone groups is 1. The van der Waals surface area contributed by atoms with Crippen molar-refractivity contribution in [2.24, 2.45) is 5.10 Å². The summed E-state index contributed by atoms with van der Waals surface area (Å²) in [6.07, 6.45) is 5.32. The number of halogens is 3. The normalized spacial score (nSPS) is 11.1. The molecule has 29 heavy (non-hydrogen) atoms. The van der Waals surface area contributed by atoms with Crippen LogP contribution in [-0.4, -0.2) is 24.4 Å². The van der Waals surface area contributed by atoms with Crippen molar-refractivity contribution in [1.29, 1.82) is 0 Å². The third kappa shape index (κ3) is 6.28. The molecular formula is C21H20F3N3O2. The van der Waals surface area contributed by atoms with E-state index in [-0.39, 0.29) is 12.4 Å². The molecular weight excluding hydrogens is 383 g/mol. The van der Waals surface area contributed by atoms with Crippen LogP contribution in [0.2, 0.25) is 0 Å². The first-order valence-corrected chi connectivity index (χ1v) is 8.68. The third-order valence-electron chi connectivity index (χ3n) is 3.60. The maximum Gasteiger partial charge on any atom is 0.417 e. The van der Waals surface area contributed by atoms with Gasteiger partial charge < -0.3 is 9.47 Å². The van der Waals surface area contributed by atoms with Gasteiger partial charge >= 0.3 is 6.18 Å². The molecule has 2 aromatic rings. The number of aromatic nitrogens is 1. The number of rotatable bonds is 9. The number of alkyl halides is 3. The molecule has 8 heteroatoms. The molecule has 1 N–H and O–H groups in total. The van der Waals surface area contributed by atoms with E-state index in [1.165, 1.54) is 12.3 Å². The van der Waals surface area contributed by atoms with Gasteiger partial charge in [0.05, 0.1) is 18.4 Å². The largest absolute Gasteiger partial charge is 0.490 e. The molecule has 0 radical (unpaired) electrons. The molecule has 0 unspecified atom stereocenters. The van der Waals surface area contributed by atoms with E-state index in [1.807, 2.05) is 13.0 Å². The maximum absolute atomic E-state index is 12.6. The Morgan fingerprint density at radius 2 is 2.10 bits per heavy atom. The van der Waals surface area contributed by atoms with Gasteiger partial charge in [-0.3, -0.25) is 5.43 Å². The zero-order valence-corrected chi connectivity index (χ0v) is 15.8. The van der Waals surface area contributed by atoms with Crippen molar-refractivity contribution in [3.63, 3.8) is 0 Å². The van der Waals surface area contributed by atoms with Gasteiger partial charge in [-0.05, 0) is 43.2 Å². The Labute approximate surface area is 167 Å².